The topological polar surface area (TPSA) is 16.6 Å². The largest absolute Gasteiger partial charge is 1.00 e. The van der Waals surface area contributed by atoms with E-state index >= 15 is 0 Å². The first-order valence-electron chi connectivity index (χ1n) is 8.33. The molecule has 1 aliphatic heterocycles. The highest BCUT2D eigenvalue weighted by Crippen LogP contribution is 2.15. The van der Waals surface area contributed by atoms with Gasteiger partial charge in [0.25, 0.3) is 0 Å². The zero-order chi connectivity index (χ0) is 14.3. The Bertz CT molecular complexity index is 476. The van der Waals surface area contributed by atoms with Crippen molar-refractivity contribution in [1.29, 1.82) is 0 Å². The van der Waals surface area contributed by atoms with E-state index in [0.717, 1.165) is 12.1 Å². The Kier molecular flexibility index (Phi) is 6.95. The molecule has 0 spiro atoms. The van der Waals surface area contributed by atoms with Gasteiger partial charge in [-0.1, -0.05) is 60.7 Å². The standard InChI is InChI=1S/C20H25N.ClH/c1-3-7-17(8-4-1)11-13-19-15-16-20(21-19)14-12-18-9-5-2-6-10-18;/h1-10,19-21H,11-16H2;1H/t19-,20-;/m1./s1. The van der Waals surface area contributed by atoms with Crippen LogP contribution in [0.25, 0.3) is 0 Å². The summed E-state index contributed by atoms with van der Waals surface area (Å²) in [7, 11) is 0. The maximum atomic E-state index is 2.64. The molecule has 1 fully saturated rings. The average Bonchev–Trinajstić information content (AvgIpc) is 3.01. The van der Waals surface area contributed by atoms with Gasteiger partial charge in [0.15, 0.2) is 0 Å². The van der Waals surface area contributed by atoms with Gasteiger partial charge in [-0.25, -0.2) is 0 Å². The Labute approximate surface area is 140 Å². The molecule has 0 saturated carbocycles. The predicted molar refractivity (Wildman–Crippen MR) is 88.3 cm³/mol. The lowest BCUT2D eigenvalue weighted by molar-refractivity contribution is -0.702. The highest BCUT2D eigenvalue weighted by Gasteiger charge is 2.27. The van der Waals surface area contributed by atoms with E-state index in [2.05, 4.69) is 66.0 Å². The summed E-state index contributed by atoms with van der Waals surface area (Å²) in [5.74, 6) is 0. The molecule has 2 N–H and O–H groups in total. The van der Waals surface area contributed by atoms with Crippen LogP contribution < -0.4 is 17.7 Å². The zero-order valence-electron chi connectivity index (χ0n) is 13.1. The fraction of sp³-hybridized carbons (Fsp3) is 0.400. The van der Waals surface area contributed by atoms with Crippen molar-refractivity contribution in [3.8, 4) is 0 Å². The molecule has 0 unspecified atom stereocenters. The van der Waals surface area contributed by atoms with Crippen molar-refractivity contribution in [1.82, 2.24) is 0 Å². The number of halogens is 1. The van der Waals surface area contributed by atoms with Crippen LogP contribution in [0.15, 0.2) is 60.7 Å². The summed E-state index contributed by atoms with van der Waals surface area (Å²) in [6.07, 6.45) is 7.90. The van der Waals surface area contributed by atoms with Gasteiger partial charge < -0.3 is 17.7 Å². The Balaban J connectivity index is 0.00000176. The number of quaternary nitrogens is 1. The molecule has 2 atom stereocenters. The molecular weight excluding hydrogens is 290 g/mol. The molecule has 1 saturated heterocycles. The van der Waals surface area contributed by atoms with E-state index in [4.69, 9.17) is 0 Å². The number of nitrogens with two attached hydrogens (primary N) is 1. The monoisotopic (exact) mass is 315 g/mol. The van der Waals surface area contributed by atoms with Crippen LogP contribution in [0.1, 0.15) is 36.8 Å². The van der Waals surface area contributed by atoms with Crippen molar-refractivity contribution in [3.63, 3.8) is 0 Å². The Morgan fingerprint density at radius 2 is 1.09 bits per heavy atom. The molecule has 0 aliphatic carbocycles. The zero-order valence-corrected chi connectivity index (χ0v) is 13.9. The van der Waals surface area contributed by atoms with Gasteiger partial charge in [0, 0.05) is 25.7 Å². The third-order valence-corrected chi connectivity index (χ3v) is 4.75. The second kappa shape index (κ2) is 8.97. The van der Waals surface area contributed by atoms with E-state index in [-0.39, 0.29) is 12.4 Å². The summed E-state index contributed by atoms with van der Waals surface area (Å²) in [6.45, 7) is 0. The second-order valence-corrected chi connectivity index (χ2v) is 6.34. The number of aryl methyl sites for hydroxylation is 2. The normalized spacial score (nSPS) is 20.5. The van der Waals surface area contributed by atoms with Gasteiger partial charge >= 0.3 is 0 Å². The van der Waals surface area contributed by atoms with E-state index in [1.165, 1.54) is 49.7 Å². The smallest absolute Gasteiger partial charge is 0.0866 e. The Morgan fingerprint density at radius 3 is 1.50 bits per heavy atom. The summed E-state index contributed by atoms with van der Waals surface area (Å²) < 4.78 is 0. The van der Waals surface area contributed by atoms with Crippen molar-refractivity contribution >= 4 is 0 Å². The summed E-state index contributed by atoms with van der Waals surface area (Å²) in [4.78, 5) is 0. The summed E-state index contributed by atoms with van der Waals surface area (Å²) in [5, 5.41) is 2.64. The highest BCUT2D eigenvalue weighted by atomic mass is 35.5. The summed E-state index contributed by atoms with van der Waals surface area (Å²) >= 11 is 0. The van der Waals surface area contributed by atoms with Crippen LogP contribution in [-0.2, 0) is 12.8 Å². The minimum absolute atomic E-state index is 0. The first kappa shape index (κ1) is 17.1. The number of hydrogen-bond donors (Lipinski definition) is 1. The van der Waals surface area contributed by atoms with Gasteiger partial charge in [0.2, 0.25) is 0 Å². The van der Waals surface area contributed by atoms with E-state index in [9.17, 15) is 0 Å². The number of rotatable bonds is 6. The minimum Gasteiger partial charge on any atom is -1.00 e. The van der Waals surface area contributed by atoms with E-state index in [1.54, 1.807) is 0 Å². The van der Waals surface area contributed by atoms with Crippen LogP contribution in [0, 0.1) is 0 Å². The molecule has 1 aliphatic rings. The molecule has 1 heterocycles. The lowest BCUT2D eigenvalue weighted by Gasteiger charge is -2.11. The van der Waals surface area contributed by atoms with Crippen molar-refractivity contribution in [2.45, 2.75) is 50.6 Å². The van der Waals surface area contributed by atoms with Crippen LogP contribution in [0.3, 0.4) is 0 Å². The molecule has 2 aromatic rings. The van der Waals surface area contributed by atoms with Crippen LogP contribution >= 0.6 is 0 Å². The fourth-order valence-electron chi connectivity index (χ4n) is 3.48. The molecule has 22 heavy (non-hydrogen) atoms. The predicted octanol–water partition coefficient (Wildman–Crippen LogP) is 0.350. The summed E-state index contributed by atoms with van der Waals surface area (Å²) in [6, 6.07) is 23.5. The molecule has 118 valence electrons. The van der Waals surface area contributed by atoms with Gasteiger partial charge in [-0.05, 0) is 24.0 Å². The van der Waals surface area contributed by atoms with Gasteiger partial charge in [-0.2, -0.15) is 0 Å². The fourth-order valence-corrected chi connectivity index (χ4v) is 3.48. The first-order valence-corrected chi connectivity index (χ1v) is 8.33. The highest BCUT2D eigenvalue weighted by molar-refractivity contribution is 5.15. The molecule has 0 amide bonds. The Hall–Kier alpha value is -1.31. The van der Waals surface area contributed by atoms with Crippen molar-refractivity contribution in [2.24, 2.45) is 0 Å². The van der Waals surface area contributed by atoms with Crippen LogP contribution in [0.5, 0.6) is 0 Å². The molecule has 1 nitrogen and oxygen atoms in total. The summed E-state index contributed by atoms with van der Waals surface area (Å²) in [5.41, 5.74) is 2.97. The van der Waals surface area contributed by atoms with Gasteiger partial charge in [-0.3, -0.25) is 0 Å². The first-order chi connectivity index (χ1) is 10.4. The quantitative estimate of drug-likeness (QED) is 0.792. The SMILES string of the molecule is [Cl-].c1ccc(CC[C@@H]2CC[C@@H](CCc3ccccc3)[NH2+]2)cc1. The average molecular weight is 316 g/mol. The van der Waals surface area contributed by atoms with E-state index in [1.807, 2.05) is 0 Å². The number of hydrogen-bond acceptors (Lipinski definition) is 0. The van der Waals surface area contributed by atoms with Crippen molar-refractivity contribution < 1.29 is 17.7 Å². The number of benzene rings is 2. The Morgan fingerprint density at radius 1 is 0.682 bits per heavy atom. The molecule has 0 radical (unpaired) electrons. The van der Waals surface area contributed by atoms with E-state index in [0.29, 0.717) is 0 Å². The van der Waals surface area contributed by atoms with Crippen LogP contribution in [0.4, 0.5) is 0 Å². The molecule has 2 aromatic carbocycles. The third-order valence-electron chi connectivity index (χ3n) is 4.75. The lowest BCUT2D eigenvalue weighted by Crippen LogP contribution is -3.00. The molecular formula is C20H26ClN. The molecule has 3 rings (SSSR count). The molecule has 0 bridgehead atoms. The lowest BCUT2D eigenvalue weighted by atomic mass is 10.0. The minimum atomic E-state index is 0. The molecule has 2 heteroatoms. The molecule has 0 aromatic heterocycles. The maximum Gasteiger partial charge on any atom is 0.0866 e. The van der Waals surface area contributed by atoms with Crippen molar-refractivity contribution in [3.05, 3.63) is 71.8 Å². The van der Waals surface area contributed by atoms with Crippen molar-refractivity contribution in [2.75, 3.05) is 0 Å². The third kappa shape index (κ3) is 5.15. The van der Waals surface area contributed by atoms with Gasteiger partial charge in [-0.15, -0.1) is 0 Å². The van der Waals surface area contributed by atoms with Gasteiger partial charge in [0.05, 0.1) is 12.1 Å². The van der Waals surface area contributed by atoms with Crippen LogP contribution in [-0.4, -0.2) is 12.1 Å². The van der Waals surface area contributed by atoms with Gasteiger partial charge in [0.1, 0.15) is 0 Å². The maximum absolute atomic E-state index is 2.64. The van der Waals surface area contributed by atoms with Crippen LogP contribution in [0.2, 0.25) is 0 Å². The second-order valence-electron chi connectivity index (χ2n) is 6.34. The van der Waals surface area contributed by atoms with E-state index < -0.39 is 0 Å².